The fourth-order valence-corrected chi connectivity index (χ4v) is 1.58. The van der Waals surface area contributed by atoms with E-state index in [9.17, 15) is 18.0 Å². The summed E-state index contributed by atoms with van der Waals surface area (Å²) in [6.07, 6.45) is 0. The van der Waals surface area contributed by atoms with Crippen molar-refractivity contribution in [3.63, 3.8) is 0 Å². The molecule has 1 aromatic rings. The number of nitrogens with zero attached hydrogens (tertiary/aromatic N) is 1. The molecule has 0 N–H and O–H groups in total. The minimum absolute atomic E-state index is 0.137. The van der Waals surface area contributed by atoms with Gasteiger partial charge >= 0.3 is 11.9 Å². The average Bonchev–Trinajstić information content (AvgIpc) is 2.32. The van der Waals surface area contributed by atoms with Crippen molar-refractivity contribution in [2.45, 2.75) is 12.8 Å². The van der Waals surface area contributed by atoms with Gasteiger partial charge in [-0.15, -0.1) is 0 Å². The SMILES string of the molecule is CCOC(=O)C(F)(F)c1ccc(Br)c(F)c1C#N. The molecule has 7 heteroatoms. The normalized spacial score (nSPS) is 10.9. The second kappa shape index (κ2) is 5.40. The lowest BCUT2D eigenvalue weighted by atomic mass is 10.0. The molecule has 0 aliphatic rings. The van der Waals surface area contributed by atoms with Crippen molar-refractivity contribution in [2.24, 2.45) is 0 Å². The summed E-state index contributed by atoms with van der Waals surface area (Å²) >= 11 is 2.77. The van der Waals surface area contributed by atoms with Crippen molar-refractivity contribution in [2.75, 3.05) is 6.61 Å². The highest BCUT2D eigenvalue weighted by molar-refractivity contribution is 9.10. The fourth-order valence-electron chi connectivity index (χ4n) is 1.25. The largest absolute Gasteiger partial charge is 0.461 e. The van der Waals surface area contributed by atoms with Crippen LogP contribution in [0.3, 0.4) is 0 Å². The van der Waals surface area contributed by atoms with Crippen LogP contribution in [0.2, 0.25) is 0 Å². The maximum Gasteiger partial charge on any atom is 0.382 e. The minimum atomic E-state index is -4.07. The monoisotopic (exact) mass is 321 g/mol. The molecule has 0 atom stereocenters. The lowest BCUT2D eigenvalue weighted by Gasteiger charge is -2.16. The molecule has 0 heterocycles. The first-order valence-corrected chi connectivity index (χ1v) is 5.59. The summed E-state index contributed by atoms with van der Waals surface area (Å²) in [5, 5.41) is 8.70. The van der Waals surface area contributed by atoms with Gasteiger partial charge in [0.05, 0.1) is 22.2 Å². The molecule has 0 saturated heterocycles. The molecule has 3 nitrogen and oxygen atoms in total. The van der Waals surface area contributed by atoms with Gasteiger partial charge in [0, 0.05) is 0 Å². The summed E-state index contributed by atoms with van der Waals surface area (Å²) in [6, 6.07) is 3.12. The maximum atomic E-state index is 13.7. The molecular weight excluding hydrogens is 315 g/mol. The summed E-state index contributed by atoms with van der Waals surface area (Å²) in [7, 11) is 0. The Kier molecular flexibility index (Phi) is 4.35. The Hall–Kier alpha value is -1.55. The number of carbonyl (C=O) groups excluding carboxylic acids is 1. The number of nitriles is 1. The first-order chi connectivity index (χ1) is 8.36. The molecule has 0 saturated carbocycles. The highest BCUT2D eigenvalue weighted by Gasteiger charge is 2.45. The minimum Gasteiger partial charge on any atom is -0.461 e. The number of rotatable bonds is 3. The van der Waals surface area contributed by atoms with Crippen LogP contribution in [0.5, 0.6) is 0 Å². The van der Waals surface area contributed by atoms with Crippen molar-refractivity contribution in [3.8, 4) is 6.07 Å². The van der Waals surface area contributed by atoms with E-state index in [1.807, 2.05) is 0 Å². The molecule has 0 aromatic heterocycles. The highest BCUT2D eigenvalue weighted by atomic mass is 79.9. The van der Waals surface area contributed by atoms with E-state index in [0.29, 0.717) is 0 Å². The predicted octanol–water partition coefficient (Wildman–Crippen LogP) is 3.11. The number of ether oxygens (including phenoxy) is 1. The molecule has 0 radical (unpaired) electrons. The summed E-state index contributed by atoms with van der Waals surface area (Å²) < 4.78 is 44.9. The van der Waals surface area contributed by atoms with Crippen LogP contribution in [-0.4, -0.2) is 12.6 Å². The molecule has 1 rings (SSSR count). The molecule has 0 fully saturated rings. The van der Waals surface area contributed by atoms with Gasteiger partial charge < -0.3 is 4.74 Å². The van der Waals surface area contributed by atoms with E-state index >= 15 is 0 Å². The fraction of sp³-hybridized carbons (Fsp3) is 0.273. The number of halogens is 4. The third kappa shape index (κ3) is 2.48. The molecular formula is C11H7BrF3NO2. The van der Waals surface area contributed by atoms with Gasteiger partial charge in [-0.3, -0.25) is 0 Å². The molecule has 1 aromatic carbocycles. The van der Waals surface area contributed by atoms with E-state index in [2.05, 4.69) is 20.7 Å². The van der Waals surface area contributed by atoms with E-state index in [0.717, 1.165) is 12.1 Å². The molecule has 0 aliphatic heterocycles. The van der Waals surface area contributed by atoms with Gasteiger partial charge in [-0.2, -0.15) is 14.0 Å². The molecule has 18 heavy (non-hydrogen) atoms. The van der Waals surface area contributed by atoms with Crippen molar-refractivity contribution in [1.82, 2.24) is 0 Å². The Morgan fingerprint density at radius 2 is 2.17 bits per heavy atom. The molecule has 0 unspecified atom stereocenters. The summed E-state index contributed by atoms with van der Waals surface area (Å²) in [6.45, 7) is 1.12. The van der Waals surface area contributed by atoms with Gasteiger partial charge in [0.2, 0.25) is 0 Å². The molecule has 96 valence electrons. The Morgan fingerprint density at radius 3 is 2.67 bits per heavy atom. The number of hydrogen-bond acceptors (Lipinski definition) is 3. The Bertz CT molecular complexity index is 526. The third-order valence-corrected chi connectivity index (χ3v) is 2.69. The summed E-state index contributed by atoms with van der Waals surface area (Å²) in [5.41, 5.74) is -1.90. The standard InChI is InChI=1S/C11H7BrF3NO2/c1-2-18-10(17)11(14,15)7-3-4-8(12)9(13)6(7)5-16/h3-4H,2H2,1H3. The van der Waals surface area contributed by atoms with Crippen LogP contribution in [0, 0.1) is 17.1 Å². The maximum absolute atomic E-state index is 13.7. The number of carbonyl (C=O) groups is 1. The number of esters is 1. The Morgan fingerprint density at radius 1 is 1.56 bits per heavy atom. The summed E-state index contributed by atoms with van der Waals surface area (Å²) in [5.74, 6) is -7.02. The number of benzene rings is 1. The molecule has 0 spiro atoms. The lowest BCUT2D eigenvalue weighted by molar-refractivity contribution is -0.173. The third-order valence-electron chi connectivity index (χ3n) is 2.08. The smallest absolute Gasteiger partial charge is 0.382 e. The summed E-state index contributed by atoms with van der Waals surface area (Å²) in [4.78, 5) is 11.1. The van der Waals surface area contributed by atoms with Gasteiger partial charge in [0.25, 0.3) is 0 Å². The van der Waals surface area contributed by atoms with E-state index < -0.39 is 28.8 Å². The van der Waals surface area contributed by atoms with Gasteiger partial charge in [-0.1, -0.05) is 0 Å². The first kappa shape index (κ1) is 14.5. The first-order valence-electron chi connectivity index (χ1n) is 4.79. The van der Waals surface area contributed by atoms with Crippen LogP contribution in [0.4, 0.5) is 13.2 Å². The molecule has 0 bridgehead atoms. The van der Waals surface area contributed by atoms with Crippen molar-refractivity contribution in [3.05, 3.63) is 33.5 Å². The average molecular weight is 322 g/mol. The molecule has 0 aliphatic carbocycles. The van der Waals surface area contributed by atoms with E-state index in [1.54, 1.807) is 0 Å². The number of alkyl halides is 2. The van der Waals surface area contributed by atoms with Crippen LogP contribution in [0.15, 0.2) is 16.6 Å². The van der Waals surface area contributed by atoms with Crippen molar-refractivity contribution >= 4 is 21.9 Å². The zero-order valence-electron chi connectivity index (χ0n) is 9.14. The van der Waals surface area contributed by atoms with Crippen molar-refractivity contribution in [1.29, 1.82) is 5.26 Å². The van der Waals surface area contributed by atoms with Crippen LogP contribution < -0.4 is 0 Å². The van der Waals surface area contributed by atoms with Crippen LogP contribution in [0.25, 0.3) is 0 Å². The van der Waals surface area contributed by atoms with E-state index in [4.69, 9.17) is 5.26 Å². The van der Waals surface area contributed by atoms with Gasteiger partial charge in [-0.25, -0.2) is 9.18 Å². The predicted molar refractivity (Wildman–Crippen MR) is 59.3 cm³/mol. The Labute approximate surface area is 109 Å². The second-order valence-corrected chi connectivity index (χ2v) is 4.04. The van der Waals surface area contributed by atoms with Crippen LogP contribution in [0.1, 0.15) is 18.1 Å². The van der Waals surface area contributed by atoms with Gasteiger partial charge in [-0.05, 0) is 35.0 Å². The molecule has 0 amide bonds. The van der Waals surface area contributed by atoms with Gasteiger partial charge in [0.1, 0.15) is 6.07 Å². The van der Waals surface area contributed by atoms with Crippen molar-refractivity contribution < 1.29 is 22.7 Å². The van der Waals surface area contributed by atoms with Gasteiger partial charge in [0.15, 0.2) is 5.82 Å². The Balaban J connectivity index is 3.38. The lowest BCUT2D eigenvalue weighted by Crippen LogP contribution is -2.29. The zero-order chi connectivity index (χ0) is 13.9. The van der Waals surface area contributed by atoms with Crippen LogP contribution in [-0.2, 0) is 15.5 Å². The topological polar surface area (TPSA) is 50.1 Å². The van der Waals surface area contributed by atoms with Crippen LogP contribution >= 0.6 is 15.9 Å². The second-order valence-electron chi connectivity index (χ2n) is 3.19. The highest BCUT2D eigenvalue weighted by Crippen LogP contribution is 2.34. The van der Waals surface area contributed by atoms with E-state index in [1.165, 1.54) is 13.0 Å². The zero-order valence-corrected chi connectivity index (χ0v) is 10.7. The quantitative estimate of drug-likeness (QED) is 0.804. The van der Waals surface area contributed by atoms with E-state index in [-0.39, 0.29) is 11.1 Å². The number of hydrogen-bond donors (Lipinski definition) is 0.